The number of aryl methyl sites for hydroxylation is 1. The van der Waals surface area contributed by atoms with Gasteiger partial charge in [-0.1, -0.05) is 0 Å². The molecule has 0 aliphatic carbocycles. The maximum atomic E-state index is 12.8. The zero-order valence-corrected chi connectivity index (χ0v) is 16.2. The average Bonchev–Trinajstić information content (AvgIpc) is 3.15. The van der Waals surface area contributed by atoms with Gasteiger partial charge >= 0.3 is 0 Å². The van der Waals surface area contributed by atoms with Crippen molar-refractivity contribution in [3.05, 3.63) is 40.2 Å². The highest BCUT2D eigenvalue weighted by molar-refractivity contribution is 7.08. The van der Waals surface area contributed by atoms with Crippen molar-refractivity contribution in [3.63, 3.8) is 0 Å². The first-order valence-corrected chi connectivity index (χ1v) is 8.55. The minimum Gasteiger partial charge on any atom is -0.336 e. The van der Waals surface area contributed by atoms with Crippen LogP contribution in [0.15, 0.2) is 29.0 Å². The lowest BCUT2D eigenvalue weighted by Gasteiger charge is -2.22. The minimum absolute atomic E-state index is 0. The minimum atomic E-state index is 0. The molecule has 2 atom stereocenters. The van der Waals surface area contributed by atoms with Gasteiger partial charge in [-0.3, -0.25) is 9.78 Å². The standard InChI is InChI=1S/C17H21N3OS.2ClH/c1-11-7-13(8-18)9-20(11)17(21)15-3-4-16(19-12(15)2)14-5-6-22-10-14;;/h3-6,10-11,13H,7-9,18H2,1-2H3;2*1H. The Bertz CT molecular complexity index is 678. The Kier molecular flexibility index (Phi) is 7.67. The van der Waals surface area contributed by atoms with Gasteiger partial charge in [0.1, 0.15) is 0 Å². The summed E-state index contributed by atoms with van der Waals surface area (Å²) in [6.45, 7) is 5.39. The molecule has 1 aliphatic heterocycles. The van der Waals surface area contributed by atoms with E-state index in [1.54, 1.807) is 11.3 Å². The second kappa shape index (κ2) is 8.81. The quantitative estimate of drug-likeness (QED) is 0.871. The second-order valence-corrected chi connectivity index (χ2v) is 6.77. The summed E-state index contributed by atoms with van der Waals surface area (Å²) in [6.07, 6.45) is 0.988. The number of halogens is 2. The van der Waals surface area contributed by atoms with Gasteiger partial charge in [0.2, 0.25) is 0 Å². The Hall–Kier alpha value is -1.14. The summed E-state index contributed by atoms with van der Waals surface area (Å²) in [5.74, 6) is 0.489. The Morgan fingerprint density at radius 3 is 2.67 bits per heavy atom. The number of hydrogen-bond acceptors (Lipinski definition) is 4. The molecule has 0 spiro atoms. The maximum Gasteiger partial charge on any atom is 0.255 e. The van der Waals surface area contributed by atoms with E-state index in [2.05, 4.69) is 17.3 Å². The van der Waals surface area contributed by atoms with Crippen molar-refractivity contribution in [3.8, 4) is 11.3 Å². The summed E-state index contributed by atoms with van der Waals surface area (Å²) in [5.41, 5.74) is 9.26. The summed E-state index contributed by atoms with van der Waals surface area (Å²) in [5, 5.41) is 4.10. The summed E-state index contributed by atoms with van der Waals surface area (Å²) in [6, 6.07) is 6.13. The summed E-state index contributed by atoms with van der Waals surface area (Å²) in [7, 11) is 0. The molecule has 2 unspecified atom stereocenters. The SMILES string of the molecule is Cc1nc(-c2ccsc2)ccc1C(=O)N1CC(CN)CC1C.Cl.Cl. The van der Waals surface area contributed by atoms with Gasteiger partial charge < -0.3 is 10.6 Å². The average molecular weight is 388 g/mol. The van der Waals surface area contributed by atoms with Crippen LogP contribution in [0, 0.1) is 12.8 Å². The fourth-order valence-electron chi connectivity index (χ4n) is 3.11. The molecule has 1 aliphatic rings. The third kappa shape index (κ3) is 4.09. The van der Waals surface area contributed by atoms with Gasteiger partial charge in [-0.25, -0.2) is 0 Å². The molecule has 7 heteroatoms. The Balaban J connectivity index is 0.00000144. The van der Waals surface area contributed by atoms with Gasteiger partial charge in [0.05, 0.1) is 17.0 Å². The first kappa shape index (κ1) is 20.9. The fraction of sp³-hybridized carbons (Fsp3) is 0.412. The van der Waals surface area contributed by atoms with Crippen LogP contribution >= 0.6 is 36.2 Å². The van der Waals surface area contributed by atoms with Crippen LogP contribution in [0.2, 0.25) is 0 Å². The van der Waals surface area contributed by atoms with E-state index in [1.165, 1.54) is 0 Å². The molecule has 3 heterocycles. The number of rotatable bonds is 3. The first-order valence-electron chi connectivity index (χ1n) is 7.61. The van der Waals surface area contributed by atoms with Crippen molar-refractivity contribution in [2.24, 2.45) is 11.7 Å². The molecule has 1 amide bonds. The Morgan fingerprint density at radius 2 is 2.12 bits per heavy atom. The van der Waals surface area contributed by atoms with Gasteiger partial charge in [-0.15, -0.1) is 24.8 Å². The third-order valence-electron chi connectivity index (χ3n) is 4.39. The molecule has 1 saturated heterocycles. The first-order chi connectivity index (χ1) is 10.6. The number of aromatic nitrogens is 1. The van der Waals surface area contributed by atoms with E-state index in [0.29, 0.717) is 18.0 Å². The molecule has 0 radical (unpaired) electrons. The largest absolute Gasteiger partial charge is 0.336 e. The van der Waals surface area contributed by atoms with E-state index in [9.17, 15) is 4.79 Å². The lowest BCUT2D eigenvalue weighted by Crippen LogP contribution is -2.35. The van der Waals surface area contributed by atoms with Crippen LogP contribution in [0.4, 0.5) is 0 Å². The van der Waals surface area contributed by atoms with E-state index in [0.717, 1.165) is 29.9 Å². The highest BCUT2D eigenvalue weighted by Crippen LogP contribution is 2.26. The van der Waals surface area contributed by atoms with Crippen molar-refractivity contribution in [2.75, 3.05) is 13.1 Å². The molecule has 3 rings (SSSR count). The molecule has 24 heavy (non-hydrogen) atoms. The third-order valence-corrected chi connectivity index (χ3v) is 5.07. The summed E-state index contributed by atoms with van der Waals surface area (Å²) in [4.78, 5) is 19.3. The number of carbonyl (C=O) groups excluding carboxylic acids is 1. The molecule has 132 valence electrons. The number of nitrogens with zero attached hydrogens (tertiary/aromatic N) is 2. The van der Waals surface area contributed by atoms with Crippen LogP contribution in [0.1, 0.15) is 29.4 Å². The molecule has 4 nitrogen and oxygen atoms in total. The lowest BCUT2D eigenvalue weighted by atomic mass is 10.1. The van der Waals surface area contributed by atoms with Crippen LogP contribution in [0.5, 0.6) is 0 Å². The van der Waals surface area contributed by atoms with Crippen LogP contribution < -0.4 is 5.73 Å². The molecule has 0 saturated carbocycles. The van der Waals surface area contributed by atoms with Crippen molar-refractivity contribution in [2.45, 2.75) is 26.3 Å². The van der Waals surface area contributed by atoms with E-state index in [-0.39, 0.29) is 36.8 Å². The normalized spacial score (nSPS) is 19.5. The number of thiophene rings is 1. The van der Waals surface area contributed by atoms with Crippen LogP contribution in [-0.2, 0) is 0 Å². The van der Waals surface area contributed by atoms with E-state index < -0.39 is 0 Å². The number of pyridine rings is 1. The number of hydrogen-bond donors (Lipinski definition) is 1. The van der Waals surface area contributed by atoms with Crippen molar-refractivity contribution >= 4 is 42.1 Å². The highest BCUT2D eigenvalue weighted by atomic mass is 35.5. The molecule has 2 aromatic rings. The molecular formula is C17H23Cl2N3OS. The van der Waals surface area contributed by atoms with Gasteiger partial charge in [0.25, 0.3) is 5.91 Å². The van der Waals surface area contributed by atoms with Crippen molar-refractivity contribution < 1.29 is 4.79 Å². The molecule has 1 fully saturated rings. The van der Waals surface area contributed by atoms with Gasteiger partial charge in [-0.05, 0) is 56.3 Å². The molecular weight excluding hydrogens is 365 g/mol. The summed E-state index contributed by atoms with van der Waals surface area (Å²) < 4.78 is 0. The van der Waals surface area contributed by atoms with Crippen molar-refractivity contribution in [1.82, 2.24) is 9.88 Å². The topological polar surface area (TPSA) is 59.2 Å². The zero-order chi connectivity index (χ0) is 15.7. The molecule has 2 N–H and O–H groups in total. The second-order valence-electron chi connectivity index (χ2n) is 5.99. The van der Waals surface area contributed by atoms with Crippen molar-refractivity contribution in [1.29, 1.82) is 0 Å². The molecule has 0 aromatic carbocycles. The predicted octanol–water partition coefficient (Wildman–Crippen LogP) is 3.77. The number of nitrogens with two attached hydrogens (primary N) is 1. The Morgan fingerprint density at radius 1 is 1.38 bits per heavy atom. The monoisotopic (exact) mass is 387 g/mol. The van der Waals surface area contributed by atoms with Gasteiger partial charge in [0, 0.05) is 23.5 Å². The van der Waals surface area contributed by atoms with E-state index in [1.807, 2.05) is 35.4 Å². The number of amides is 1. The maximum absolute atomic E-state index is 12.8. The zero-order valence-electron chi connectivity index (χ0n) is 13.8. The van der Waals surface area contributed by atoms with E-state index in [4.69, 9.17) is 5.73 Å². The lowest BCUT2D eigenvalue weighted by molar-refractivity contribution is 0.0742. The molecule has 2 aromatic heterocycles. The van der Waals surface area contributed by atoms with Gasteiger partial charge in [0.15, 0.2) is 0 Å². The fourth-order valence-corrected chi connectivity index (χ4v) is 3.76. The number of likely N-dealkylation sites (tertiary alicyclic amines) is 1. The van der Waals surface area contributed by atoms with Gasteiger partial charge in [-0.2, -0.15) is 11.3 Å². The summed E-state index contributed by atoms with van der Waals surface area (Å²) >= 11 is 1.65. The highest BCUT2D eigenvalue weighted by Gasteiger charge is 2.32. The predicted molar refractivity (Wildman–Crippen MR) is 104 cm³/mol. The van der Waals surface area contributed by atoms with Crippen LogP contribution in [0.25, 0.3) is 11.3 Å². The van der Waals surface area contributed by atoms with Crippen LogP contribution in [0.3, 0.4) is 0 Å². The van der Waals surface area contributed by atoms with Crippen LogP contribution in [-0.4, -0.2) is 34.9 Å². The Labute approximate surface area is 159 Å². The smallest absolute Gasteiger partial charge is 0.255 e. The molecule has 0 bridgehead atoms. The van der Waals surface area contributed by atoms with E-state index >= 15 is 0 Å². The number of carbonyl (C=O) groups is 1.